The summed E-state index contributed by atoms with van der Waals surface area (Å²) in [5.41, 5.74) is 2.19. The number of pyridine rings is 2. The SMILES string of the molecule is CC(C)C(NC(=O)c1ccnc(OCc2ccccc2)c1)c1nc(-c2cccnc2)no1. The lowest BCUT2D eigenvalue weighted by Crippen LogP contribution is -2.32. The highest BCUT2D eigenvalue weighted by molar-refractivity contribution is 5.94. The van der Waals surface area contributed by atoms with E-state index >= 15 is 0 Å². The van der Waals surface area contributed by atoms with Gasteiger partial charge in [0.2, 0.25) is 17.6 Å². The van der Waals surface area contributed by atoms with E-state index in [0.29, 0.717) is 29.8 Å². The number of benzene rings is 1. The van der Waals surface area contributed by atoms with Crippen LogP contribution in [-0.2, 0) is 6.61 Å². The van der Waals surface area contributed by atoms with Gasteiger partial charge in [-0.3, -0.25) is 9.78 Å². The zero-order valence-electron chi connectivity index (χ0n) is 17.8. The molecule has 0 aliphatic rings. The molecular formula is C24H23N5O3. The quantitative estimate of drug-likeness (QED) is 0.447. The van der Waals surface area contributed by atoms with Crippen LogP contribution < -0.4 is 10.1 Å². The summed E-state index contributed by atoms with van der Waals surface area (Å²) in [6, 6.07) is 16.2. The van der Waals surface area contributed by atoms with E-state index in [1.165, 1.54) is 0 Å². The minimum atomic E-state index is -0.456. The van der Waals surface area contributed by atoms with E-state index in [1.807, 2.05) is 50.2 Å². The van der Waals surface area contributed by atoms with Gasteiger partial charge in [-0.05, 0) is 29.7 Å². The van der Waals surface area contributed by atoms with Crippen LogP contribution in [0.5, 0.6) is 5.88 Å². The summed E-state index contributed by atoms with van der Waals surface area (Å²) in [5.74, 6) is 0.878. The fourth-order valence-corrected chi connectivity index (χ4v) is 3.07. The third-order valence-electron chi connectivity index (χ3n) is 4.81. The first-order valence-corrected chi connectivity index (χ1v) is 10.3. The van der Waals surface area contributed by atoms with Crippen LogP contribution in [0, 0.1) is 5.92 Å². The minimum absolute atomic E-state index is 0.0248. The molecule has 0 aliphatic carbocycles. The zero-order valence-corrected chi connectivity index (χ0v) is 17.8. The summed E-state index contributed by atoms with van der Waals surface area (Å²) in [5, 5.41) is 7.01. The van der Waals surface area contributed by atoms with Gasteiger partial charge < -0.3 is 14.6 Å². The number of nitrogens with one attached hydrogen (secondary N) is 1. The van der Waals surface area contributed by atoms with Gasteiger partial charge in [0.05, 0.1) is 0 Å². The van der Waals surface area contributed by atoms with Crippen LogP contribution in [0.15, 0.2) is 77.7 Å². The Balaban J connectivity index is 1.46. The number of hydrogen-bond acceptors (Lipinski definition) is 7. The molecular weight excluding hydrogens is 406 g/mol. The zero-order chi connectivity index (χ0) is 22.3. The van der Waals surface area contributed by atoms with Gasteiger partial charge in [0, 0.05) is 35.8 Å². The second-order valence-electron chi connectivity index (χ2n) is 7.55. The molecule has 0 saturated heterocycles. The Hall–Kier alpha value is -4.07. The number of rotatable bonds is 8. The first kappa shape index (κ1) is 21.2. The smallest absolute Gasteiger partial charge is 0.252 e. The van der Waals surface area contributed by atoms with Crippen molar-refractivity contribution in [1.82, 2.24) is 25.4 Å². The Kier molecular flexibility index (Phi) is 6.50. The molecule has 4 rings (SSSR count). The molecule has 1 atom stereocenters. The molecule has 3 heterocycles. The number of nitrogens with zero attached hydrogens (tertiary/aromatic N) is 4. The van der Waals surface area contributed by atoms with E-state index in [2.05, 4.69) is 25.4 Å². The van der Waals surface area contributed by atoms with Crippen molar-refractivity contribution in [3.8, 4) is 17.3 Å². The second-order valence-corrected chi connectivity index (χ2v) is 7.55. The highest BCUT2D eigenvalue weighted by Crippen LogP contribution is 2.24. The Bertz CT molecular complexity index is 1160. The predicted octanol–water partition coefficient (Wildman–Crippen LogP) is 4.23. The summed E-state index contributed by atoms with van der Waals surface area (Å²) < 4.78 is 11.2. The van der Waals surface area contributed by atoms with E-state index in [-0.39, 0.29) is 11.8 Å². The van der Waals surface area contributed by atoms with Crippen LogP contribution in [0.2, 0.25) is 0 Å². The lowest BCUT2D eigenvalue weighted by molar-refractivity contribution is 0.0913. The normalized spacial score (nSPS) is 11.8. The Morgan fingerprint density at radius 3 is 2.69 bits per heavy atom. The van der Waals surface area contributed by atoms with Crippen LogP contribution in [0.3, 0.4) is 0 Å². The van der Waals surface area contributed by atoms with Gasteiger partial charge >= 0.3 is 0 Å². The molecule has 3 aromatic heterocycles. The van der Waals surface area contributed by atoms with Gasteiger partial charge in [-0.25, -0.2) is 4.98 Å². The number of amides is 1. The average molecular weight is 429 g/mol. The van der Waals surface area contributed by atoms with Gasteiger partial charge in [-0.2, -0.15) is 4.98 Å². The van der Waals surface area contributed by atoms with Crippen LogP contribution in [0.25, 0.3) is 11.4 Å². The van der Waals surface area contributed by atoms with Gasteiger partial charge in [-0.15, -0.1) is 0 Å². The summed E-state index contributed by atoms with van der Waals surface area (Å²) in [4.78, 5) is 25.7. The van der Waals surface area contributed by atoms with E-state index in [0.717, 1.165) is 11.1 Å². The van der Waals surface area contributed by atoms with Crippen molar-refractivity contribution < 1.29 is 14.1 Å². The van der Waals surface area contributed by atoms with Gasteiger partial charge in [-0.1, -0.05) is 49.3 Å². The van der Waals surface area contributed by atoms with Crippen molar-refractivity contribution in [2.45, 2.75) is 26.5 Å². The molecule has 0 spiro atoms. The summed E-state index contributed by atoms with van der Waals surface area (Å²) in [6.07, 6.45) is 4.88. The van der Waals surface area contributed by atoms with E-state index in [1.54, 1.807) is 36.8 Å². The molecule has 4 aromatic rings. The van der Waals surface area contributed by atoms with Gasteiger partial charge in [0.15, 0.2) is 0 Å². The van der Waals surface area contributed by atoms with Crippen LogP contribution in [-0.4, -0.2) is 26.0 Å². The lowest BCUT2D eigenvalue weighted by Gasteiger charge is -2.18. The molecule has 8 nitrogen and oxygen atoms in total. The van der Waals surface area contributed by atoms with E-state index in [4.69, 9.17) is 9.26 Å². The molecule has 0 radical (unpaired) electrons. The monoisotopic (exact) mass is 429 g/mol. The number of carbonyl (C=O) groups is 1. The molecule has 0 aliphatic heterocycles. The van der Waals surface area contributed by atoms with Crippen molar-refractivity contribution in [2.24, 2.45) is 5.92 Å². The molecule has 162 valence electrons. The van der Waals surface area contributed by atoms with E-state index < -0.39 is 6.04 Å². The maximum atomic E-state index is 12.9. The maximum absolute atomic E-state index is 12.9. The highest BCUT2D eigenvalue weighted by atomic mass is 16.5. The number of carbonyl (C=O) groups excluding carboxylic acids is 1. The Morgan fingerprint density at radius 2 is 1.94 bits per heavy atom. The highest BCUT2D eigenvalue weighted by Gasteiger charge is 2.25. The number of aromatic nitrogens is 4. The molecule has 1 unspecified atom stereocenters. The summed E-state index contributed by atoms with van der Waals surface area (Å²) in [7, 11) is 0. The van der Waals surface area contributed by atoms with Crippen LogP contribution in [0.1, 0.15) is 41.7 Å². The fraction of sp³-hybridized carbons (Fsp3) is 0.208. The van der Waals surface area contributed by atoms with Crippen molar-refractivity contribution in [1.29, 1.82) is 0 Å². The fourth-order valence-electron chi connectivity index (χ4n) is 3.07. The summed E-state index contributed by atoms with van der Waals surface area (Å²) in [6.45, 7) is 4.31. The first-order chi connectivity index (χ1) is 15.6. The molecule has 1 amide bonds. The molecule has 32 heavy (non-hydrogen) atoms. The van der Waals surface area contributed by atoms with Crippen molar-refractivity contribution in [2.75, 3.05) is 0 Å². The standard InChI is InChI=1S/C24H23N5O3/c1-16(2)21(24-28-22(29-32-24)19-9-6-11-25-14-19)27-23(30)18-10-12-26-20(13-18)31-15-17-7-4-3-5-8-17/h3-14,16,21H,15H2,1-2H3,(H,27,30). The Labute approximate surface area is 185 Å². The van der Waals surface area contributed by atoms with Crippen molar-refractivity contribution in [3.05, 3.63) is 90.2 Å². The topological polar surface area (TPSA) is 103 Å². The third kappa shape index (κ3) is 5.15. The van der Waals surface area contributed by atoms with Gasteiger partial charge in [0.1, 0.15) is 12.6 Å². The van der Waals surface area contributed by atoms with Crippen LogP contribution in [0.4, 0.5) is 0 Å². The predicted molar refractivity (Wildman–Crippen MR) is 118 cm³/mol. The summed E-state index contributed by atoms with van der Waals surface area (Å²) >= 11 is 0. The Morgan fingerprint density at radius 1 is 1.09 bits per heavy atom. The molecule has 0 fully saturated rings. The van der Waals surface area contributed by atoms with E-state index in [9.17, 15) is 4.79 Å². The van der Waals surface area contributed by atoms with Crippen molar-refractivity contribution >= 4 is 5.91 Å². The largest absolute Gasteiger partial charge is 0.473 e. The van der Waals surface area contributed by atoms with Crippen molar-refractivity contribution in [3.63, 3.8) is 0 Å². The first-order valence-electron chi connectivity index (χ1n) is 10.3. The number of ether oxygens (including phenoxy) is 1. The molecule has 0 saturated carbocycles. The lowest BCUT2D eigenvalue weighted by atomic mass is 10.0. The maximum Gasteiger partial charge on any atom is 0.252 e. The average Bonchev–Trinajstić information content (AvgIpc) is 3.32. The molecule has 1 N–H and O–H groups in total. The number of hydrogen-bond donors (Lipinski definition) is 1. The molecule has 1 aromatic carbocycles. The third-order valence-corrected chi connectivity index (χ3v) is 4.81. The van der Waals surface area contributed by atoms with Gasteiger partial charge in [0.25, 0.3) is 5.91 Å². The molecule has 8 heteroatoms. The second kappa shape index (κ2) is 9.82. The molecule has 0 bridgehead atoms. The van der Waals surface area contributed by atoms with Crippen LogP contribution >= 0.6 is 0 Å². The minimum Gasteiger partial charge on any atom is -0.473 e.